The lowest BCUT2D eigenvalue weighted by molar-refractivity contribution is 0.0498. The molecule has 0 spiro atoms. The van der Waals surface area contributed by atoms with Gasteiger partial charge in [-0.05, 0) is 59.4 Å². The van der Waals surface area contributed by atoms with Crippen LogP contribution in [0.15, 0.2) is 22.7 Å². The number of methoxy groups -OCH3 is 1. The van der Waals surface area contributed by atoms with E-state index in [-0.39, 0.29) is 0 Å². The molecule has 1 fully saturated rings. The monoisotopic (exact) mass is 354 g/mol. The number of hydrogen-bond acceptors (Lipinski definition) is 3. The van der Waals surface area contributed by atoms with Crippen LogP contribution in [0.2, 0.25) is 0 Å². The maximum Gasteiger partial charge on any atom is 0.0772 e. The molecule has 3 nitrogen and oxygen atoms in total. The van der Waals surface area contributed by atoms with E-state index in [4.69, 9.17) is 4.74 Å². The number of halogens is 1. The average molecular weight is 355 g/mol. The molecule has 0 saturated carbocycles. The molecule has 1 aliphatic rings. The van der Waals surface area contributed by atoms with Gasteiger partial charge in [0.25, 0.3) is 0 Å². The Balaban J connectivity index is 2.13. The fourth-order valence-electron chi connectivity index (χ4n) is 3.03. The molecule has 1 N–H and O–H groups in total. The van der Waals surface area contributed by atoms with Crippen molar-refractivity contribution < 1.29 is 4.74 Å². The van der Waals surface area contributed by atoms with E-state index in [0.717, 1.165) is 19.6 Å². The molecule has 0 aromatic heterocycles. The summed E-state index contributed by atoms with van der Waals surface area (Å²) in [7, 11) is 1.82. The fraction of sp³-hybridized carbons (Fsp3) is 0.647. The highest BCUT2D eigenvalue weighted by Crippen LogP contribution is 2.32. The second-order valence-electron chi connectivity index (χ2n) is 5.98. The standard InChI is InChI=1S/C17H27BrN2O/c1-5-19-13(3)14-6-7-16(15(18)10-14)20-9-8-12(2)17(11-20)21-4/h6-7,10,12-13,17,19H,5,8-9,11H2,1-4H3. The molecule has 0 aliphatic carbocycles. The number of benzene rings is 1. The predicted octanol–water partition coefficient (Wildman–Crippen LogP) is 3.98. The molecule has 0 radical (unpaired) electrons. The van der Waals surface area contributed by atoms with Gasteiger partial charge < -0.3 is 15.0 Å². The van der Waals surface area contributed by atoms with Crippen LogP contribution >= 0.6 is 15.9 Å². The van der Waals surface area contributed by atoms with Crippen LogP contribution in [-0.4, -0.2) is 32.8 Å². The summed E-state index contributed by atoms with van der Waals surface area (Å²) in [6, 6.07) is 7.08. The van der Waals surface area contributed by atoms with Gasteiger partial charge in [0, 0.05) is 30.7 Å². The maximum atomic E-state index is 5.62. The zero-order valence-electron chi connectivity index (χ0n) is 13.5. The van der Waals surface area contributed by atoms with Gasteiger partial charge in [0.1, 0.15) is 0 Å². The van der Waals surface area contributed by atoms with E-state index in [1.54, 1.807) is 0 Å². The third kappa shape index (κ3) is 3.99. The SMILES string of the molecule is CCNC(C)c1ccc(N2CCC(C)C(OC)C2)c(Br)c1. The van der Waals surface area contributed by atoms with Crippen LogP contribution in [-0.2, 0) is 4.74 Å². The van der Waals surface area contributed by atoms with Crippen LogP contribution in [0.25, 0.3) is 0 Å². The molecule has 1 heterocycles. The van der Waals surface area contributed by atoms with Crippen molar-refractivity contribution in [2.45, 2.75) is 39.3 Å². The van der Waals surface area contributed by atoms with Crippen LogP contribution in [0.1, 0.15) is 38.8 Å². The Morgan fingerprint density at radius 2 is 2.24 bits per heavy atom. The average Bonchev–Trinajstić information content (AvgIpc) is 2.48. The molecule has 4 heteroatoms. The highest BCUT2D eigenvalue weighted by molar-refractivity contribution is 9.10. The highest BCUT2D eigenvalue weighted by Gasteiger charge is 2.27. The fourth-order valence-corrected chi connectivity index (χ4v) is 3.68. The van der Waals surface area contributed by atoms with Gasteiger partial charge in [0.05, 0.1) is 11.8 Å². The minimum atomic E-state index is 0.325. The van der Waals surface area contributed by atoms with Crippen LogP contribution in [0.4, 0.5) is 5.69 Å². The molecule has 118 valence electrons. The Bertz CT molecular complexity index is 466. The lowest BCUT2D eigenvalue weighted by atomic mass is 9.95. The van der Waals surface area contributed by atoms with E-state index in [2.05, 4.69) is 65.1 Å². The number of rotatable bonds is 5. The summed E-state index contributed by atoms with van der Waals surface area (Å²) < 4.78 is 6.80. The quantitative estimate of drug-likeness (QED) is 0.865. The molecular formula is C17H27BrN2O. The van der Waals surface area contributed by atoms with Crippen molar-refractivity contribution >= 4 is 21.6 Å². The van der Waals surface area contributed by atoms with Gasteiger partial charge in [-0.3, -0.25) is 0 Å². The van der Waals surface area contributed by atoms with Crippen LogP contribution < -0.4 is 10.2 Å². The van der Waals surface area contributed by atoms with Gasteiger partial charge in [0.15, 0.2) is 0 Å². The summed E-state index contributed by atoms with van der Waals surface area (Å²) in [6.07, 6.45) is 1.51. The van der Waals surface area contributed by atoms with E-state index in [1.807, 2.05) is 7.11 Å². The molecule has 1 aromatic rings. The van der Waals surface area contributed by atoms with Crippen LogP contribution in [0.5, 0.6) is 0 Å². The Hall–Kier alpha value is -0.580. The van der Waals surface area contributed by atoms with Gasteiger partial charge in [-0.2, -0.15) is 0 Å². The summed E-state index contributed by atoms with van der Waals surface area (Å²) in [5, 5.41) is 3.46. The largest absolute Gasteiger partial charge is 0.379 e. The molecule has 1 aromatic carbocycles. The van der Waals surface area contributed by atoms with Crippen LogP contribution in [0, 0.1) is 5.92 Å². The first kappa shape index (κ1) is 16.8. The third-order valence-electron chi connectivity index (χ3n) is 4.51. The topological polar surface area (TPSA) is 24.5 Å². The van der Waals surface area contributed by atoms with E-state index in [9.17, 15) is 0 Å². The van der Waals surface area contributed by atoms with Gasteiger partial charge >= 0.3 is 0 Å². The second-order valence-corrected chi connectivity index (χ2v) is 6.83. The third-order valence-corrected chi connectivity index (χ3v) is 5.15. The summed E-state index contributed by atoms with van der Waals surface area (Å²) in [6.45, 7) is 9.68. The number of piperidine rings is 1. The molecular weight excluding hydrogens is 328 g/mol. The Morgan fingerprint density at radius 1 is 1.48 bits per heavy atom. The highest BCUT2D eigenvalue weighted by atomic mass is 79.9. The summed E-state index contributed by atoms with van der Waals surface area (Å²) >= 11 is 3.75. The van der Waals surface area contributed by atoms with Crippen molar-refractivity contribution in [3.8, 4) is 0 Å². The van der Waals surface area contributed by atoms with Crippen molar-refractivity contribution in [3.63, 3.8) is 0 Å². The molecule has 2 rings (SSSR count). The van der Waals surface area contributed by atoms with Crippen molar-refractivity contribution in [3.05, 3.63) is 28.2 Å². The Labute approximate surface area is 137 Å². The van der Waals surface area contributed by atoms with Crippen molar-refractivity contribution in [1.29, 1.82) is 0 Å². The maximum absolute atomic E-state index is 5.62. The molecule has 3 atom stereocenters. The zero-order valence-corrected chi connectivity index (χ0v) is 15.1. The molecule has 21 heavy (non-hydrogen) atoms. The Kier molecular flexibility index (Phi) is 6.08. The van der Waals surface area contributed by atoms with Crippen molar-refractivity contribution in [2.24, 2.45) is 5.92 Å². The van der Waals surface area contributed by atoms with E-state index in [1.165, 1.54) is 22.1 Å². The molecule has 0 bridgehead atoms. The van der Waals surface area contributed by atoms with Gasteiger partial charge in [0.2, 0.25) is 0 Å². The molecule has 1 aliphatic heterocycles. The smallest absolute Gasteiger partial charge is 0.0772 e. The lowest BCUT2D eigenvalue weighted by Crippen LogP contribution is -2.44. The lowest BCUT2D eigenvalue weighted by Gasteiger charge is -2.38. The number of ether oxygens (including phenoxy) is 1. The summed E-state index contributed by atoms with van der Waals surface area (Å²) in [5.41, 5.74) is 2.59. The van der Waals surface area contributed by atoms with Gasteiger partial charge in [-0.15, -0.1) is 0 Å². The van der Waals surface area contributed by atoms with Crippen molar-refractivity contribution in [2.75, 3.05) is 31.6 Å². The number of hydrogen-bond donors (Lipinski definition) is 1. The minimum absolute atomic E-state index is 0.325. The van der Waals surface area contributed by atoms with Gasteiger partial charge in [-0.1, -0.05) is 19.9 Å². The Morgan fingerprint density at radius 3 is 2.86 bits per heavy atom. The van der Waals surface area contributed by atoms with E-state index < -0.39 is 0 Å². The summed E-state index contributed by atoms with van der Waals surface area (Å²) in [4.78, 5) is 2.43. The number of nitrogens with one attached hydrogen (secondary N) is 1. The second kappa shape index (κ2) is 7.61. The summed E-state index contributed by atoms with van der Waals surface area (Å²) in [5.74, 6) is 0.637. The van der Waals surface area contributed by atoms with E-state index >= 15 is 0 Å². The first-order chi connectivity index (χ1) is 10.1. The molecule has 1 saturated heterocycles. The van der Waals surface area contributed by atoms with E-state index in [0.29, 0.717) is 18.1 Å². The molecule has 3 unspecified atom stereocenters. The molecule has 0 amide bonds. The van der Waals surface area contributed by atoms with Crippen LogP contribution in [0.3, 0.4) is 0 Å². The predicted molar refractivity (Wildman–Crippen MR) is 93.0 cm³/mol. The van der Waals surface area contributed by atoms with Crippen molar-refractivity contribution in [1.82, 2.24) is 5.32 Å². The first-order valence-electron chi connectivity index (χ1n) is 7.87. The normalized spacial score (nSPS) is 24.1. The minimum Gasteiger partial charge on any atom is -0.379 e. The first-order valence-corrected chi connectivity index (χ1v) is 8.66. The number of anilines is 1. The number of nitrogens with zero attached hydrogens (tertiary/aromatic N) is 1. The van der Waals surface area contributed by atoms with Gasteiger partial charge in [-0.25, -0.2) is 0 Å². The zero-order chi connectivity index (χ0) is 15.4.